The molecule has 0 fully saturated rings. The first-order valence-electron chi connectivity index (χ1n) is 13.2. The highest BCUT2D eigenvalue weighted by Gasteiger charge is 2.32. The van der Waals surface area contributed by atoms with Gasteiger partial charge in [0.25, 0.3) is 11.5 Å². The number of para-hydroxylation sites is 1. The van der Waals surface area contributed by atoms with E-state index in [-0.39, 0.29) is 11.5 Å². The smallest absolute Gasteiger partial charge is 0.271 e. The number of halogens is 1. The van der Waals surface area contributed by atoms with Gasteiger partial charge in [-0.05, 0) is 66.8 Å². The molecule has 0 aliphatic carbocycles. The molecule has 1 aliphatic rings. The molecule has 0 unspecified atom stereocenters. The highest BCUT2D eigenvalue weighted by Crippen LogP contribution is 2.32. The summed E-state index contributed by atoms with van der Waals surface area (Å²) < 4.78 is 7.67. The number of thiazole rings is 1. The van der Waals surface area contributed by atoms with E-state index in [1.165, 1.54) is 16.9 Å². The Hall–Kier alpha value is -3.94. The maximum absolute atomic E-state index is 13.9. The van der Waals surface area contributed by atoms with Gasteiger partial charge in [-0.3, -0.25) is 14.2 Å². The van der Waals surface area contributed by atoms with Gasteiger partial charge in [-0.25, -0.2) is 4.99 Å². The van der Waals surface area contributed by atoms with Crippen LogP contribution in [0.4, 0.5) is 5.69 Å². The molecule has 8 heteroatoms. The first-order valence-corrected chi connectivity index (χ1v) is 14.4. The molecule has 1 atom stereocenters. The van der Waals surface area contributed by atoms with Gasteiger partial charge >= 0.3 is 0 Å². The number of carbonyl (C=O) groups is 1. The second-order valence-electron chi connectivity index (χ2n) is 9.85. The van der Waals surface area contributed by atoms with E-state index in [1.54, 1.807) is 22.8 Å². The van der Waals surface area contributed by atoms with Crippen molar-refractivity contribution in [2.45, 2.75) is 39.7 Å². The Morgan fingerprint density at radius 2 is 1.85 bits per heavy atom. The van der Waals surface area contributed by atoms with Crippen LogP contribution in [0.5, 0.6) is 5.75 Å². The third-order valence-corrected chi connectivity index (χ3v) is 8.05. The first-order chi connectivity index (χ1) is 19.3. The van der Waals surface area contributed by atoms with Gasteiger partial charge in [-0.15, -0.1) is 0 Å². The normalized spacial score (nSPS) is 15.2. The number of amides is 1. The minimum absolute atomic E-state index is 0.218. The van der Waals surface area contributed by atoms with Crippen molar-refractivity contribution in [3.63, 3.8) is 0 Å². The Kier molecular flexibility index (Phi) is 8.05. The number of ether oxygens (including phenoxy) is 1. The second-order valence-corrected chi connectivity index (χ2v) is 11.3. The number of hydrogen-bond acceptors (Lipinski definition) is 5. The summed E-state index contributed by atoms with van der Waals surface area (Å²) in [5.74, 6) is 0.658. The van der Waals surface area contributed by atoms with Crippen LogP contribution >= 0.6 is 22.9 Å². The lowest BCUT2D eigenvalue weighted by Crippen LogP contribution is -2.40. The van der Waals surface area contributed by atoms with Crippen molar-refractivity contribution < 1.29 is 9.53 Å². The maximum Gasteiger partial charge on any atom is 0.271 e. The van der Waals surface area contributed by atoms with E-state index < -0.39 is 6.04 Å². The fraction of sp³-hybridized carbons (Fsp3) is 0.219. The Bertz CT molecular complexity index is 1770. The lowest BCUT2D eigenvalue weighted by atomic mass is 9.93. The number of hydrogen-bond donors (Lipinski definition) is 1. The largest absolute Gasteiger partial charge is 0.492 e. The van der Waals surface area contributed by atoms with Crippen molar-refractivity contribution in [3.8, 4) is 5.75 Å². The summed E-state index contributed by atoms with van der Waals surface area (Å²) in [6.07, 6.45) is 1.80. The SMILES string of the molecule is CCOc1ccc(/C=c2\sc3n(c2=O)[C@H](c2ccc(C(C)C)cc2)C(C(=O)Nc2ccccc2)=C(C)N=3)cc1Cl. The van der Waals surface area contributed by atoms with E-state index in [4.69, 9.17) is 21.3 Å². The molecule has 1 aliphatic heterocycles. The zero-order valence-corrected chi connectivity index (χ0v) is 24.3. The summed E-state index contributed by atoms with van der Waals surface area (Å²) in [5, 5.41) is 3.46. The van der Waals surface area contributed by atoms with Crippen LogP contribution in [0.2, 0.25) is 5.02 Å². The van der Waals surface area contributed by atoms with Crippen LogP contribution in [0.15, 0.2) is 93.9 Å². The number of anilines is 1. The number of carbonyl (C=O) groups excluding carboxylic acids is 1. The Labute approximate surface area is 241 Å². The minimum atomic E-state index is -0.632. The lowest BCUT2D eigenvalue weighted by Gasteiger charge is -2.25. The number of nitrogens with zero attached hydrogens (tertiary/aromatic N) is 2. The molecule has 3 aromatic carbocycles. The van der Waals surface area contributed by atoms with Crippen molar-refractivity contribution >= 4 is 40.6 Å². The van der Waals surface area contributed by atoms with Gasteiger partial charge in [0.05, 0.1) is 33.5 Å². The fourth-order valence-electron chi connectivity index (χ4n) is 4.74. The molecular weight excluding hydrogens is 542 g/mol. The van der Waals surface area contributed by atoms with E-state index in [2.05, 4.69) is 31.3 Å². The Balaban J connectivity index is 1.64. The van der Waals surface area contributed by atoms with Gasteiger partial charge < -0.3 is 10.1 Å². The molecule has 0 saturated carbocycles. The van der Waals surface area contributed by atoms with Gasteiger partial charge in [0.2, 0.25) is 0 Å². The summed E-state index contributed by atoms with van der Waals surface area (Å²) in [6, 6.07) is 22.2. The highest BCUT2D eigenvalue weighted by atomic mass is 35.5. The quantitative estimate of drug-likeness (QED) is 0.293. The number of benzene rings is 3. The molecule has 1 N–H and O–H groups in total. The van der Waals surface area contributed by atoms with E-state index >= 15 is 0 Å². The van der Waals surface area contributed by atoms with Gasteiger partial charge in [-0.2, -0.15) is 0 Å². The van der Waals surface area contributed by atoms with E-state index in [0.29, 0.717) is 49.6 Å². The molecule has 4 aromatic rings. The second kappa shape index (κ2) is 11.7. The minimum Gasteiger partial charge on any atom is -0.492 e. The third-order valence-electron chi connectivity index (χ3n) is 6.77. The molecule has 0 saturated heterocycles. The Morgan fingerprint density at radius 1 is 1.12 bits per heavy atom. The van der Waals surface area contributed by atoms with E-state index in [9.17, 15) is 9.59 Å². The predicted molar refractivity (Wildman–Crippen MR) is 162 cm³/mol. The highest BCUT2D eigenvalue weighted by molar-refractivity contribution is 7.07. The number of nitrogens with one attached hydrogen (secondary N) is 1. The van der Waals surface area contributed by atoms with Crippen LogP contribution in [0.3, 0.4) is 0 Å². The Morgan fingerprint density at radius 3 is 2.50 bits per heavy atom. The van der Waals surface area contributed by atoms with Gasteiger partial charge in [0, 0.05) is 5.69 Å². The zero-order valence-electron chi connectivity index (χ0n) is 22.8. The van der Waals surface area contributed by atoms with Gasteiger partial charge in [0.1, 0.15) is 5.75 Å². The maximum atomic E-state index is 13.9. The monoisotopic (exact) mass is 571 g/mol. The first kappa shape index (κ1) is 27.6. The summed E-state index contributed by atoms with van der Waals surface area (Å²) in [7, 11) is 0. The average molecular weight is 572 g/mol. The standard InChI is InChI=1S/C32H30ClN3O3S/c1-5-39-26-16-11-21(17-25(26)33)18-27-31(38)36-29(23-14-12-22(13-15-23)19(2)3)28(20(4)34-32(36)40-27)30(37)35-24-9-7-6-8-10-24/h6-19,29H,5H2,1-4H3,(H,35,37)/b27-18-/t29-/m1/s1. The van der Waals surface area contributed by atoms with Crippen LogP contribution < -0.4 is 24.9 Å². The van der Waals surface area contributed by atoms with Crippen molar-refractivity contribution in [2.24, 2.45) is 4.99 Å². The zero-order chi connectivity index (χ0) is 28.4. The number of fused-ring (bicyclic) bond motifs is 1. The molecule has 0 spiro atoms. The summed E-state index contributed by atoms with van der Waals surface area (Å²) in [6.45, 7) is 8.49. The predicted octanol–water partition coefficient (Wildman–Crippen LogP) is 6.05. The third kappa shape index (κ3) is 5.53. The van der Waals surface area contributed by atoms with Crippen LogP contribution in [-0.4, -0.2) is 17.1 Å². The number of aromatic nitrogens is 1. The molecule has 1 aromatic heterocycles. The number of rotatable bonds is 7. The summed E-state index contributed by atoms with van der Waals surface area (Å²) >= 11 is 7.69. The van der Waals surface area contributed by atoms with E-state index in [1.807, 2.05) is 62.4 Å². The molecule has 2 heterocycles. The van der Waals surface area contributed by atoms with Crippen molar-refractivity contribution in [1.82, 2.24) is 4.57 Å². The molecule has 0 radical (unpaired) electrons. The van der Waals surface area contributed by atoms with Gasteiger partial charge in [0.15, 0.2) is 4.80 Å². The average Bonchev–Trinajstić information content (AvgIpc) is 3.24. The molecule has 204 valence electrons. The molecule has 6 nitrogen and oxygen atoms in total. The van der Waals surface area contributed by atoms with Crippen LogP contribution in [0, 0.1) is 0 Å². The summed E-state index contributed by atoms with van der Waals surface area (Å²) in [4.78, 5) is 32.9. The topological polar surface area (TPSA) is 72.7 Å². The van der Waals surface area contributed by atoms with Crippen molar-refractivity contribution in [1.29, 1.82) is 0 Å². The fourth-order valence-corrected chi connectivity index (χ4v) is 6.03. The van der Waals surface area contributed by atoms with Gasteiger partial charge in [-0.1, -0.05) is 85.3 Å². The van der Waals surface area contributed by atoms with Crippen molar-refractivity contribution in [3.05, 3.63) is 125 Å². The molecular formula is C32H30ClN3O3S. The summed E-state index contributed by atoms with van der Waals surface area (Å²) in [5.41, 5.74) is 4.26. The van der Waals surface area contributed by atoms with Crippen LogP contribution in [0.25, 0.3) is 6.08 Å². The molecule has 1 amide bonds. The van der Waals surface area contributed by atoms with Crippen LogP contribution in [0.1, 0.15) is 56.3 Å². The van der Waals surface area contributed by atoms with Crippen LogP contribution in [-0.2, 0) is 4.79 Å². The molecule has 40 heavy (non-hydrogen) atoms. The molecule has 5 rings (SSSR count). The molecule has 0 bridgehead atoms. The number of allylic oxidation sites excluding steroid dienone is 1. The van der Waals surface area contributed by atoms with E-state index in [0.717, 1.165) is 11.1 Å². The van der Waals surface area contributed by atoms with Crippen molar-refractivity contribution in [2.75, 3.05) is 11.9 Å². The lowest BCUT2D eigenvalue weighted by molar-refractivity contribution is -0.113.